The average Bonchev–Trinajstić information content (AvgIpc) is 2.38. The minimum atomic E-state index is 0.466. The van der Waals surface area contributed by atoms with Gasteiger partial charge in [-0.1, -0.05) is 27.2 Å². The molecule has 1 rings (SSSR count). The van der Waals surface area contributed by atoms with Gasteiger partial charge in [0.15, 0.2) is 0 Å². The second kappa shape index (κ2) is 10.6. The van der Waals surface area contributed by atoms with Crippen molar-refractivity contribution >= 4 is 0 Å². The summed E-state index contributed by atoms with van der Waals surface area (Å²) in [6.45, 7) is 13.5. The molecule has 0 bridgehead atoms. The summed E-state index contributed by atoms with van der Waals surface area (Å²) in [6.07, 6.45) is 3.47. The van der Waals surface area contributed by atoms with Gasteiger partial charge in [-0.15, -0.1) is 0 Å². The largest absolute Gasteiger partial charge is 0.379 e. The monoisotopic (exact) mass is 287 g/mol. The van der Waals surface area contributed by atoms with Gasteiger partial charge in [0.2, 0.25) is 0 Å². The van der Waals surface area contributed by atoms with E-state index in [9.17, 15) is 0 Å². The molecule has 0 unspecified atom stereocenters. The Kier molecular flexibility index (Phi) is 9.44. The third kappa shape index (κ3) is 6.53. The lowest BCUT2D eigenvalue weighted by Crippen LogP contribution is -2.56. The molecule has 0 aromatic rings. The van der Waals surface area contributed by atoms with Crippen LogP contribution in [0.4, 0.5) is 0 Å². The summed E-state index contributed by atoms with van der Waals surface area (Å²) in [6, 6.07) is 0. The summed E-state index contributed by atoms with van der Waals surface area (Å²) >= 11 is 0. The van der Waals surface area contributed by atoms with E-state index in [-0.39, 0.29) is 0 Å². The second-order valence-corrected chi connectivity index (χ2v) is 6.06. The van der Waals surface area contributed by atoms with Gasteiger partial charge in [-0.2, -0.15) is 0 Å². The summed E-state index contributed by atoms with van der Waals surface area (Å²) in [5, 5.41) is 3.38. The van der Waals surface area contributed by atoms with Gasteiger partial charge >= 0.3 is 0 Å². The second-order valence-electron chi connectivity index (χ2n) is 6.06. The van der Waals surface area contributed by atoms with Crippen molar-refractivity contribution in [3.63, 3.8) is 0 Å². The highest BCUT2D eigenvalue weighted by Gasteiger charge is 2.39. The van der Waals surface area contributed by atoms with Crippen LogP contribution in [0.3, 0.4) is 0 Å². The van der Waals surface area contributed by atoms with E-state index in [0.717, 1.165) is 45.1 Å². The fraction of sp³-hybridized carbons (Fsp3) is 1.00. The van der Waals surface area contributed by atoms with E-state index >= 15 is 0 Å². The Hall–Kier alpha value is -0.160. The molecule has 1 heterocycles. The normalized spacial score (nSPS) is 17.4. The van der Waals surface area contributed by atoms with E-state index in [2.05, 4.69) is 26.1 Å². The van der Waals surface area contributed by atoms with Gasteiger partial charge in [0.1, 0.15) is 0 Å². The maximum absolute atomic E-state index is 5.67. The predicted octanol–water partition coefficient (Wildman–Crippen LogP) is 2.47. The Morgan fingerprint density at radius 1 is 0.900 bits per heavy atom. The van der Waals surface area contributed by atoms with Crippen molar-refractivity contribution in [2.45, 2.75) is 40.0 Å². The summed E-state index contributed by atoms with van der Waals surface area (Å²) in [5.74, 6) is 0.726. The summed E-state index contributed by atoms with van der Waals surface area (Å²) in [4.78, 5) is 0. The maximum Gasteiger partial charge on any atom is 0.0701 e. The molecule has 0 aromatic heterocycles. The van der Waals surface area contributed by atoms with Crippen LogP contribution in [-0.2, 0) is 14.2 Å². The standard InChI is InChI=1S/C16H33NO3/c1-4-5-7-18-9-11-20-12-10-19-8-6-16(15(2)3)13-17-14-16/h15,17H,4-14H2,1-3H3. The van der Waals surface area contributed by atoms with E-state index in [4.69, 9.17) is 14.2 Å². The zero-order valence-electron chi connectivity index (χ0n) is 13.6. The van der Waals surface area contributed by atoms with Crippen LogP contribution >= 0.6 is 0 Å². The van der Waals surface area contributed by atoms with E-state index in [1.54, 1.807) is 0 Å². The Morgan fingerprint density at radius 2 is 1.45 bits per heavy atom. The quantitative estimate of drug-likeness (QED) is 0.528. The molecule has 4 heteroatoms. The fourth-order valence-electron chi connectivity index (χ4n) is 2.38. The highest BCUT2D eigenvalue weighted by molar-refractivity contribution is 4.94. The number of nitrogens with one attached hydrogen (secondary N) is 1. The van der Waals surface area contributed by atoms with E-state index in [1.165, 1.54) is 6.42 Å². The molecule has 120 valence electrons. The van der Waals surface area contributed by atoms with E-state index in [0.29, 0.717) is 31.8 Å². The molecule has 0 radical (unpaired) electrons. The fourth-order valence-corrected chi connectivity index (χ4v) is 2.38. The van der Waals surface area contributed by atoms with Crippen LogP contribution in [0.2, 0.25) is 0 Å². The third-order valence-corrected chi connectivity index (χ3v) is 4.31. The van der Waals surface area contributed by atoms with Crippen LogP contribution in [0, 0.1) is 11.3 Å². The van der Waals surface area contributed by atoms with Crippen molar-refractivity contribution < 1.29 is 14.2 Å². The van der Waals surface area contributed by atoms with Gasteiger partial charge in [0.05, 0.1) is 26.4 Å². The predicted molar refractivity (Wildman–Crippen MR) is 82.1 cm³/mol. The summed E-state index contributed by atoms with van der Waals surface area (Å²) in [5.41, 5.74) is 0.466. The first-order valence-electron chi connectivity index (χ1n) is 8.15. The maximum atomic E-state index is 5.67. The van der Waals surface area contributed by atoms with Crippen molar-refractivity contribution in [1.29, 1.82) is 0 Å². The average molecular weight is 287 g/mol. The zero-order valence-corrected chi connectivity index (χ0v) is 13.6. The van der Waals surface area contributed by atoms with E-state index in [1.807, 2.05) is 0 Å². The summed E-state index contributed by atoms with van der Waals surface area (Å²) in [7, 11) is 0. The highest BCUT2D eigenvalue weighted by atomic mass is 16.5. The number of rotatable bonds is 13. The Labute approximate surface area is 124 Å². The van der Waals surface area contributed by atoms with Crippen LogP contribution < -0.4 is 5.32 Å². The lowest BCUT2D eigenvalue weighted by atomic mass is 9.70. The highest BCUT2D eigenvalue weighted by Crippen LogP contribution is 2.35. The lowest BCUT2D eigenvalue weighted by molar-refractivity contribution is -0.00449. The molecule has 0 aromatic carbocycles. The molecule has 1 N–H and O–H groups in total. The molecule has 4 nitrogen and oxygen atoms in total. The molecule has 0 spiro atoms. The minimum absolute atomic E-state index is 0.466. The number of ether oxygens (including phenoxy) is 3. The van der Waals surface area contributed by atoms with Crippen molar-refractivity contribution in [2.24, 2.45) is 11.3 Å². The third-order valence-electron chi connectivity index (χ3n) is 4.31. The SMILES string of the molecule is CCCCOCCOCCOCCC1(C(C)C)CNC1. The van der Waals surface area contributed by atoms with Gasteiger partial charge < -0.3 is 19.5 Å². The van der Waals surface area contributed by atoms with Crippen molar-refractivity contribution in [2.75, 3.05) is 52.7 Å². The Morgan fingerprint density at radius 3 is 1.90 bits per heavy atom. The van der Waals surface area contributed by atoms with Crippen LogP contribution in [0.1, 0.15) is 40.0 Å². The lowest BCUT2D eigenvalue weighted by Gasteiger charge is -2.46. The van der Waals surface area contributed by atoms with Crippen molar-refractivity contribution in [3.05, 3.63) is 0 Å². The first-order valence-corrected chi connectivity index (χ1v) is 8.15. The van der Waals surface area contributed by atoms with Gasteiger partial charge in [-0.25, -0.2) is 0 Å². The van der Waals surface area contributed by atoms with Crippen LogP contribution in [0.25, 0.3) is 0 Å². The first kappa shape index (κ1) is 17.9. The molecule has 0 aliphatic carbocycles. The van der Waals surface area contributed by atoms with Crippen molar-refractivity contribution in [3.8, 4) is 0 Å². The van der Waals surface area contributed by atoms with Gasteiger partial charge in [0, 0.05) is 26.3 Å². The van der Waals surface area contributed by atoms with Gasteiger partial charge in [-0.3, -0.25) is 0 Å². The molecule has 20 heavy (non-hydrogen) atoms. The molecule has 1 saturated heterocycles. The van der Waals surface area contributed by atoms with Gasteiger partial charge in [-0.05, 0) is 24.2 Å². The van der Waals surface area contributed by atoms with Crippen molar-refractivity contribution in [1.82, 2.24) is 5.32 Å². The van der Waals surface area contributed by atoms with Gasteiger partial charge in [0.25, 0.3) is 0 Å². The van der Waals surface area contributed by atoms with Crippen LogP contribution in [0.5, 0.6) is 0 Å². The number of hydrogen-bond acceptors (Lipinski definition) is 4. The zero-order chi connectivity index (χ0) is 14.7. The minimum Gasteiger partial charge on any atom is -0.379 e. The molecule has 1 aliphatic rings. The van der Waals surface area contributed by atoms with E-state index < -0.39 is 0 Å². The first-order chi connectivity index (χ1) is 9.71. The molecule has 0 amide bonds. The molecular formula is C16H33NO3. The molecule has 0 saturated carbocycles. The Balaban J connectivity index is 1.83. The van der Waals surface area contributed by atoms with Crippen LogP contribution in [-0.4, -0.2) is 52.7 Å². The number of hydrogen-bond donors (Lipinski definition) is 1. The topological polar surface area (TPSA) is 39.7 Å². The molecule has 1 fully saturated rings. The Bertz CT molecular complexity index is 230. The number of unbranched alkanes of at least 4 members (excludes halogenated alkanes) is 1. The molecule has 1 aliphatic heterocycles. The summed E-state index contributed by atoms with van der Waals surface area (Å²) < 4.78 is 16.6. The molecule has 0 atom stereocenters. The van der Waals surface area contributed by atoms with Crippen LogP contribution in [0.15, 0.2) is 0 Å². The molecular weight excluding hydrogens is 254 g/mol. The smallest absolute Gasteiger partial charge is 0.0701 e.